The van der Waals surface area contributed by atoms with Crippen LogP contribution >= 0.6 is 0 Å². The Hall–Kier alpha value is -4.21. The van der Waals surface area contributed by atoms with E-state index in [2.05, 4.69) is 21.2 Å². The maximum absolute atomic E-state index is 12.2. The third-order valence-corrected chi connectivity index (χ3v) is 3.88. The Labute approximate surface area is 158 Å². The molecule has 0 unspecified atom stereocenters. The fraction of sp³-hybridized carbons (Fsp3) is 0.0556. The van der Waals surface area contributed by atoms with Crippen LogP contribution in [-0.4, -0.2) is 34.2 Å². The number of nitrogens with one attached hydrogen (secondary N) is 4. The Balaban J connectivity index is 1.52. The molecule has 3 rings (SSSR count). The van der Waals surface area contributed by atoms with Crippen molar-refractivity contribution in [2.75, 3.05) is 6.54 Å². The van der Waals surface area contributed by atoms with Crippen molar-refractivity contribution in [3.8, 4) is 0 Å². The summed E-state index contributed by atoms with van der Waals surface area (Å²) in [5, 5.41) is 13.8. The topological polar surface area (TPSA) is 146 Å². The van der Waals surface area contributed by atoms with Crippen LogP contribution < -0.4 is 16.2 Å². The molecule has 3 amide bonds. The number of amides is 3. The van der Waals surface area contributed by atoms with Crippen LogP contribution in [-0.2, 0) is 4.79 Å². The summed E-state index contributed by atoms with van der Waals surface area (Å²) in [7, 11) is 0. The molecule has 0 aliphatic heterocycles. The summed E-state index contributed by atoms with van der Waals surface area (Å²) in [4.78, 5) is 49.1. The average molecular weight is 381 g/mol. The lowest BCUT2D eigenvalue weighted by Gasteiger charge is -2.08. The van der Waals surface area contributed by atoms with E-state index >= 15 is 0 Å². The van der Waals surface area contributed by atoms with Crippen molar-refractivity contribution < 1.29 is 19.3 Å². The Kier molecular flexibility index (Phi) is 5.30. The van der Waals surface area contributed by atoms with Crippen molar-refractivity contribution in [1.82, 2.24) is 21.2 Å². The highest BCUT2D eigenvalue weighted by Crippen LogP contribution is 2.17. The van der Waals surface area contributed by atoms with Gasteiger partial charge >= 0.3 is 0 Å². The Morgan fingerprint density at radius 3 is 2.57 bits per heavy atom. The second kappa shape index (κ2) is 7.99. The molecule has 1 aromatic heterocycles. The van der Waals surface area contributed by atoms with Gasteiger partial charge in [0.25, 0.3) is 23.4 Å². The van der Waals surface area contributed by atoms with Crippen LogP contribution in [0.2, 0.25) is 0 Å². The number of H-pyrrole nitrogens is 1. The monoisotopic (exact) mass is 381 g/mol. The number of para-hydroxylation sites is 1. The molecular formula is C18H15N5O5. The highest BCUT2D eigenvalue weighted by Gasteiger charge is 2.14. The summed E-state index contributed by atoms with van der Waals surface area (Å²) in [5.41, 5.74) is 5.41. The van der Waals surface area contributed by atoms with Gasteiger partial charge in [0.1, 0.15) is 0 Å². The van der Waals surface area contributed by atoms with E-state index in [4.69, 9.17) is 0 Å². The lowest BCUT2D eigenvalue weighted by Crippen LogP contribution is -2.46. The van der Waals surface area contributed by atoms with Crippen LogP contribution in [0, 0.1) is 10.1 Å². The molecule has 4 N–H and O–H groups in total. The van der Waals surface area contributed by atoms with Crippen molar-refractivity contribution in [2.45, 2.75) is 0 Å². The molecule has 142 valence electrons. The number of non-ortho nitro benzene ring substituents is 1. The van der Waals surface area contributed by atoms with E-state index in [1.54, 1.807) is 12.1 Å². The largest absolute Gasteiger partial charge is 0.360 e. The minimum Gasteiger partial charge on any atom is -0.360 e. The second-order valence-electron chi connectivity index (χ2n) is 5.74. The summed E-state index contributed by atoms with van der Waals surface area (Å²) < 4.78 is 0. The van der Waals surface area contributed by atoms with Gasteiger partial charge in [-0.15, -0.1) is 0 Å². The fourth-order valence-electron chi connectivity index (χ4n) is 2.52. The number of nitrogens with zero attached hydrogens (tertiary/aromatic N) is 1. The van der Waals surface area contributed by atoms with Gasteiger partial charge < -0.3 is 10.3 Å². The zero-order valence-corrected chi connectivity index (χ0v) is 14.4. The SMILES string of the molecule is O=C(CNC(=O)c1cccc([N+](=O)[O-])c1)NNC(=O)c1c[nH]c2ccccc12. The number of rotatable bonds is 5. The predicted molar refractivity (Wildman–Crippen MR) is 99.3 cm³/mol. The van der Waals surface area contributed by atoms with E-state index in [0.717, 1.165) is 11.6 Å². The van der Waals surface area contributed by atoms with Gasteiger partial charge in [-0.2, -0.15) is 0 Å². The first-order valence-electron chi connectivity index (χ1n) is 8.13. The van der Waals surface area contributed by atoms with Gasteiger partial charge in [-0.3, -0.25) is 35.3 Å². The van der Waals surface area contributed by atoms with Crippen molar-refractivity contribution in [3.63, 3.8) is 0 Å². The van der Waals surface area contributed by atoms with Gasteiger partial charge in [-0.1, -0.05) is 24.3 Å². The summed E-state index contributed by atoms with van der Waals surface area (Å²) >= 11 is 0. The first-order chi connectivity index (χ1) is 13.5. The first kappa shape index (κ1) is 18.6. The first-order valence-corrected chi connectivity index (χ1v) is 8.13. The molecule has 0 aliphatic carbocycles. The molecule has 0 spiro atoms. The Morgan fingerprint density at radius 1 is 1.00 bits per heavy atom. The van der Waals surface area contributed by atoms with Crippen LogP contribution in [0.3, 0.4) is 0 Å². The molecule has 0 saturated carbocycles. The van der Waals surface area contributed by atoms with Crippen molar-refractivity contribution in [1.29, 1.82) is 0 Å². The molecule has 0 radical (unpaired) electrons. The highest BCUT2D eigenvalue weighted by atomic mass is 16.6. The van der Waals surface area contributed by atoms with Crippen LogP contribution in [0.5, 0.6) is 0 Å². The van der Waals surface area contributed by atoms with Gasteiger partial charge in [0.2, 0.25) is 0 Å². The van der Waals surface area contributed by atoms with E-state index in [1.165, 1.54) is 24.4 Å². The fourth-order valence-corrected chi connectivity index (χ4v) is 2.52. The van der Waals surface area contributed by atoms with E-state index in [9.17, 15) is 24.5 Å². The molecule has 2 aromatic carbocycles. The molecule has 3 aromatic rings. The average Bonchev–Trinajstić information content (AvgIpc) is 3.14. The van der Waals surface area contributed by atoms with Crippen molar-refractivity contribution in [3.05, 3.63) is 76.0 Å². The standard InChI is InChI=1S/C18H15N5O5/c24-16(10-20-17(25)11-4-3-5-12(8-11)23(27)28)21-22-18(26)14-9-19-15-7-2-1-6-13(14)15/h1-9,19H,10H2,(H,20,25)(H,21,24)(H,22,26). The predicted octanol–water partition coefficient (Wildman–Crippen LogP) is 1.27. The number of hydrogen-bond donors (Lipinski definition) is 4. The summed E-state index contributed by atoms with van der Waals surface area (Å²) in [6, 6.07) is 12.3. The maximum atomic E-state index is 12.2. The lowest BCUT2D eigenvalue weighted by molar-refractivity contribution is -0.384. The normalized spacial score (nSPS) is 10.3. The van der Waals surface area contributed by atoms with E-state index in [0.29, 0.717) is 10.9 Å². The number of fused-ring (bicyclic) bond motifs is 1. The Bertz CT molecular complexity index is 1070. The van der Waals surface area contributed by atoms with E-state index in [-0.39, 0.29) is 11.3 Å². The van der Waals surface area contributed by atoms with Crippen LogP contribution in [0.4, 0.5) is 5.69 Å². The summed E-state index contributed by atoms with van der Waals surface area (Å²) in [6.45, 7) is -0.421. The van der Waals surface area contributed by atoms with Crippen LogP contribution in [0.15, 0.2) is 54.7 Å². The van der Waals surface area contributed by atoms with Gasteiger partial charge in [-0.05, 0) is 12.1 Å². The van der Waals surface area contributed by atoms with E-state index < -0.39 is 29.2 Å². The number of aromatic nitrogens is 1. The second-order valence-corrected chi connectivity index (χ2v) is 5.74. The summed E-state index contributed by atoms with van der Waals surface area (Å²) in [5.74, 6) is -1.83. The molecule has 1 heterocycles. The number of benzene rings is 2. The molecule has 0 fully saturated rings. The van der Waals surface area contributed by atoms with E-state index in [1.807, 2.05) is 12.1 Å². The number of hydrogen-bond acceptors (Lipinski definition) is 5. The number of carbonyl (C=O) groups excluding carboxylic acids is 3. The third-order valence-electron chi connectivity index (χ3n) is 3.88. The maximum Gasteiger partial charge on any atom is 0.271 e. The molecule has 0 atom stereocenters. The van der Waals surface area contributed by atoms with Crippen molar-refractivity contribution >= 4 is 34.3 Å². The molecule has 0 saturated heterocycles. The zero-order chi connectivity index (χ0) is 20.1. The quantitative estimate of drug-likeness (QED) is 0.388. The number of carbonyl (C=O) groups is 3. The van der Waals surface area contributed by atoms with Crippen molar-refractivity contribution in [2.24, 2.45) is 0 Å². The van der Waals surface area contributed by atoms with Gasteiger partial charge in [0, 0.05) is 34.8 Å². The molecule has 10 nitrogen and oxygen atoms in total. The molecule has 0 bridgehead atoms. The smallest absolute Gasteiger partial charge is 0.271 e. The number of hydrazine groups is 1. The van der Waals surface area contributed by atoms with Gasteiger partial charge in [0.15, 0.2) is 0 Å². The molecular weight excluding hydrogens is 366 g/mol. The zero-order valence-electron chi connectivity index (χ0n) is 14.4. The lowest BCUT2D eigenvalue weighted by atomic mass is 10.2. The number of nitro benzene ring substituents is 1. The molecule has 10 heteroatoms. The molecule has 0 aliphatic rings. The third kappa shape index (κ3) is 4.12. The molecule has 28 heavy (non-hydrogen) atoms. The number of nitro groups is 1. The van der Waals surface area contributed by atoms with Gasteiger partial charge in [0.05, 0.1) is 17.0 Å². The minimum absolute atomic E-state index is 0.0461. The van der Waals surface area contributed by atoms with Gasteiger partial charge in [-0.25, -0.2) is 0 Å². The van der Waals surface area contributed by atoms with Crippen LogP contribution in [0.1, 0.15) is 20.7 Å². The number of aromatic amines is 1. The minimum atomic E-state index is -0.660. The van der Waals surface area contributed by atoms with Crippen LogP contribution in [0.25, 0.3) is 10.9 Å². The Morgan fingerprint density at radius 2 is 1.79 bits per heavy atom. The highest BCUT2D eigenvalue weighted by molar-refractivity contribution is 6.07. The summed E-state index contributed by atoms with van der Waals surface area (Å²) in [6.07, 6.45) is 1.52.